The van der Waals surface area contributed by atoms with Gasteiger partial charge in [-0.1, -0.05) is 30.3 Å². The first-order chi connectivity index (χ1) is 14.9. The SMILES string of the molecule is C[C@@H]1CN(Cc2ccc(C(=O)O)cc2)C[C@H](C)N1C(=O)c1ccccc1-c1ccoc1. The molecule has 2 aromatic carbocycles. The van der Waals surface area contributed by atoms with E-state index in [0.29, 0.717) is 5.56 Å². The molecule has 3 aromatic rings. The molecule has 160 valence electrons. The van der Waals surface area contributed by atoms with Crippen molar-refractivity contribution in [2.24, 2.45) is 0 Å². The Hall–Kier alpha value is -3.38. The number of hydrogen-bond acceptors (Lipinski definition) is 4. The molecule has 1 amide bonds. The number of rotatable bonds is 5. The van der Waals surface area contributed by atoms with Crippen LogP contribution in [-0.4, -0.2) is 52.0 Å². The molecular formula is C25H26N2O4. The zero-order chi connectivity index (χ0) is 22.0. The van der Waals surface area contributed by atoms with E-state index in [4.69, 9.17) is 9.52 Å². The summed E-state index contributed by atoms with van der Waals surface area (Å²) in [6, 6.07) is 16.6. The lowest BCUT2D eigenvalue weighted by molar-refractivity contribution is 0.0269. The first-order valence-corrected chi connectivity index (χ1v) is 10.4. The minimum Gasteiger partial charge on any atom is -0.478 e. The molecule has 1 N–H and O–H groups in total. The number of hydrogen-bond donors (Lipinski definition) is 1. The number of carbonyl (C=O) groups is 2. The van der Waals surface area contributed by atoms with Gasteiger partial charge < -0.3 is 14.4 Å². The van der Waals surface area contributed by atoms with E-state index in [9.17, 15) is 9.59 Å². The summed E-state index contributed by atoms with van der Waals surface area (Å²) in [4.78, 5) is 28.9. The molecule has 1 saturated heterocycles. The van der Waals surface area contributed by atoms with E-state index in [-0.39, 0.29) is 23.6 Å². The third kappa shape index (κ3) is 4.39. The summed E-state index contributed by atoms with van der Waals surface area (Å²) < 4.78 is 5.22. The minimum absolute atomic E-state index is 0.0299. The highest BCUT2D eigenvalue weighted by Crippen LogP contribution is 2.28. The lowest BCUT2D eigenvalue weighted by Crippen LogP contribution is -2.58. The Morgan fingerprint density at radius 2 is 1.68 bits per heavy atom. The number of benzene rings is 2. The zero-order valence-corrected chi connectivity index (χ0v) is 17.7. The van der Waals surface area contributed by atoms with Gasteiger partial charge in [0.15, 0.2) is 0 Å². The van der Waals surface area contributed by atoms with Gasteiger partial charge >= 0.3 is 5.97 Å². The second kappa shape index (κ2) is 8.78. The summed E-state index contributed by atoms with van der Waals surface area (Å²) in [6.07, 6.45) is 3.27. The van der Waals surface area contributed by atoms with Crippen LogP contribution < -0.4 is 0 Å². The molecule has 0 aliphatic carbocycles. The van der Waals surface area contributed by atoms with Gasteiger partial charge in [-0.15, -0.1) is 0 Å². The zero-order valence-electron chi connectivity index (χ0n) is 17.7. The van der Waals surface area contributed by atoms with Crippen molar-refractivity contribution in [3.05, 3.63) is 83.8 Å². The number of aromatic carboxylic acids is 1. The molecule has 1 aliphatic rings. The van der Waals surface area contributed by atoms with E-state index in [2.05, 4.69) is 18.7 Å². The van der Waals surface area contributed by atoms with Crippen molar-refractivity contribution in [1.29, 1.82) is 0 Å². The molecule has 2 atom stereocenters. The highest BCUT2D eigenvalue weighted by molar-refractivity contribution is 6.01. The Labute approximate surface area is 181 Å². The van der Waals surface area contributed by atoms with Crippen LogP contribution in [-0.2, 0) is 6.54 Å². The van der Waals surface area contributed by atoms with E-state index in [1.54, 1.807) is 24.7 Å². The lowest BCUT2D eigenvalue weighted by atomic mass is 9.98. The maximum atomic E-state index is 13.5. The third-order valence-corrected chi connectivity index (χ3v) is 5.83. The monoisotopic (exact) mass is 418 g/mol. The Bertz CT molecular complexity index is 1050. The van der Waals surface area contributed by atoms with E-state index in [0.717, 1.165) is 36.3 Å². The summed E-state index contributed by atoms with van der Waals surface area (Å²) in [6.45, 7) is 6.39. The summed E-state index contributed by atoms with van der Waals surface area (Å²) in [5.74, 6) is -0.890. The lowest BCUT2D eigenvalue weighted by Gasteiger charge is -2.44. The summed E-state index contributed by atoms with van der Waals surface area (Å²) in [5, 5.41) is 9.07. The minimum atomic E-state index is -0.920. The van der Waals surface area contributed by atoms with Crippen LogP contribution >= 0.6 is 0 Å². The van der Waals surface area contributed by atoms with Crippen molar-refractivity contribution in [2.75, 3.05) is 13.1 Å². The van der Waals surface area contributed by atoms with Crippen LogP contribution in [0.2, 0.25) is 0 Å². The maximum Gasteiger partial charge on any atom is 0.335 e. The molecule has 1 aromatic heterocycles. The van der Waals surface area contributed by atoms with Gasteiger partial charge in [-0.2, -0.15) is 0 Å². The molecule has 6 heteroatoms. The Morgan fingerprint density at radius 3 is 2.29 bits per heavy atom. The van der Waals surface area contributed by atoms with Crippen molar-refractivity contribution in [3.8, 4) is 11.1 Å². The van der Waals surface area contributed by atoms with Crippen LogP contribution in [0.3, 0.4) is 0 Å². The van der Waals surface area contributed by atoms with Gasteiger partial charge in [-0.3, -0.25) is 9.69 Å². The number of nitrogens with zero attached hydrogens (tertiary/aromatic N) is 2. The third-order valence-electron chi connectivity index (χ3n) is 5.83. The van der Waals surface area contributed by atoms with Crippen molar-refractivity contribution < 1.29 is 19.1 Å². The fraction of sp³-hybridized carbons (Fsp3) is 0.280. The molecule has 0 saturated carbocycles. The van der Waals surface area contributed by atoms with Crippen molar-refractivity contribution >= 4 is 11.9 Å². The van der Waals surface area contributed by atoms with Gasteiger partial charge in [0, 0.05) is 42.8 Å². The number of amides is 1. The van der Waals surface area contributed by atoms with E-state index < -0.39 is 5.97 Å². The van der Waals surface area contributed by atoms with Gasteiger partial charge in [0.2, 0.25) is 0 Å². The fourth-order valence-corrected chi connectivity index (χ4v) is 4.45. The second-order valence-corrected chi connectivity index (χ2v) is 8.16. The van der Waals surface area contributed by atoms with Crippen LogP contribution in [0.5, 0.6) is 0 Å². The largest absolute Gasteiger partial charge is 0.478 e. The summed E-state index contributed by atoms with van der Waals surface area (Å²) in [5.41, 5.74) is 3.81. The number of carboxylic acids is 1. The molecule has 0 bridgehead atoms. The average molecular weight is 418 g/mol. The molecule has 0 spiro atoms. The highest BCUT2D eigenvalue weighted by Gasteiger charge is 2.34. The van der Waals surface area contributed by atoms with Crippen LogP contribution in [0.15, 0.2) is 71.5 Å². The molecule has 2 heterocycles. The number of carboxylic acid groups (broad SMARTS) is 1. The average Bonchev–Trinajstić information content (AvgIpc) is 3.28. The molecule has 6 nitrogen and oxygen atoms in total. The van der Waals surface area contributed by atoms with Crippen molar-refractivity contribution in [1.82, 2.24) is 9.80 Å². The predicted octanol–water partition coefficient (Wildman–Crippen LogP) is 4.38. The standard InChI is InChI=1S/C25H26N2O4/c1-17-13-26(15-19-7-9-20(10-8-19)25(29)30)14-18(2)27(17)24(28)23-6-4-3-5-22(23)21-11-12-31-16-21/h3-12,16-18H,13-15H2,1-2H3,(H,29,30)/t17-,18+. The van der Waals surface area contributed by atoms with Gasteiger partial charge in [-0.25, -0.2) is 4.79 Å². The van der Waals surface area contributed by atoms with Gasteiger partial charge in [0.05, 0.1) is 18.1 Å². The fourth-order valence-electron chi connectivity index (χ4n) is 4.45. The molecule has 1 fully saturated rings. The van der Waals surface area contributed by atoms with E-state index in [1.165, 1.54) is 0 Å². The molecule has 4 rings (SSSR count). The summed E-state index contributed by atoms with van der Waals surface area (Å²) in [7, 11) is 0. The summed E-state index contributed by atoms with van der Waals surface area (Å²) >= 11 is 0. The number of piperazine rings is 1. The van der Waals surface area contributed by atoms with Gasteiger partial charge in [0.1, 0.15) is 0 Å². The maximum absolute atomic E-state index is 13.5. The number of furan rings is 1. The highest BCUT2D eigenvalue weighted by atomic mass is 16.4. The normalized spacial score (nSPS) is 19.4. The van der Waals surface area contributed by atoms with Gasteiger partial charge in [0.25, 0.3) is 5.91 Å². The van der Waals surface area contributed by atoms with Crippen LogP contribution in [0.25, 0.3) is 11.1 Å². The van der Waals surface area contributed by atoms with Crippen LogP contribution in [0.1, 0.15) is 40.1 Å². The predicted molar refractivity (Wildman–Crippen MR) is 118 cm³/mol. The van der Waals surface area contributed by atoms with Crippen molar-refractivity contribution in [2.45, 2.75) is 32.5 Å². The Morgan fingerprint density at radius 1 is 1.00 bits per heavy atom. The van der Waals surface area contributed by atoms with E-state index in [1.807, 2.05) is 47.4 Å². The van der Waals surface area contributed by atoms with E-state index >= 15 is 0 Å². The van der Waals surface area contributed by atoms with Crippen LogP contribution in [0.4, 0.5) is 0 Å². The molecule has 0 radical (unpaired) electrons. The molecular weight excluding hydrogens is 392 g/mol. The Balaban J connectivity index is 1.49. The molecule has 31 heavy (non-hydrogen) atoms. The van der Waals surface area contributed by atoms with Crippen molar-refractivity contribution in [3.63, 3.8) is 0 Å². The Kier molecular flexibility index (Phi) is 5.91. The van der Waals surface area contributed by atoms with Gasteiger partial charge in [-0.05, 0) is 49.2 Å². The van der Waals surface area contributed by atoms with Crippen LogP contribution in [0, 0.1) is 0 Å². The first kappa shape index (κ1) is 20.9. The first-order valence-electron chi connectivity index (χ1n) is 10.4. The molecule has 1 aliphatic heterocycles. The smallest absolute Gasteiger partial charge is 0.335 e. The number of carbonyl (C=O) groups excluding carboxylic acids is 1. The second-order valence-electron chi connectivity index (χ2n) is 8.16. The molecule has 0 unspecified atom stereocenters. The quantitative estimate of drug-likeness (QED) is 0.666. The topological polar surface area (TPSA) is 74.0 Å².